The smallest absolute Gasteiger partial charge is 0.491 e. The topological polar surface area (TPSA) is 138 Å². The molecule has 0 bridgehead atoms. The number of hydrogen-bond donors (Lipinski definition) is 3. The molecule has 2 aliphatic rings. The summed E-state index contributed by atoms with van der Waals surface area (Å²) in [7, 11) is -3.71. The van der Waals surface area contributed by atoms with Crippen molar-refractivity contribution in [1.82, 2.24) is 9.62 Å². The number of aliphatic imine (C=N–C) groups is 1. The second-order valence-corrected chi connectivity index (χ2v) is 12.4. The van der Waals surface area contributed by atoms with Crippen molar-refractivity contribution in [2.75, 3.05) is 32.1 Å². The average Bonchev–Trinajstić information content (AvgIpc) is 3.22. The number of carbonyl (C=O) groups is 1. The maximum Gasteiger partial charge on any atom is 0.573 e. The maximum absolute atomic E-state index is 13.8. The van der Waals surface area contributed by atoms with Gasteiger partial charge in [0, 0.05) is 18.7 Å². The largest absolute Gasteiger partial charge is 0.573 e. The summed E-state index contributed by atoms with van der Waals surface area (Å²) in [5.74, 6) is -2.55. The van der Waals surface area contributed by atoms with Gasteiger partial charge in [0.1, 0.15) is 29.8 Å². The molecule has 1 saturated heterocycles. The predicted molar refractivity (Wildman–Crippen MR) is 143 cm³/mol. The Kier molecular flexibility index (Phi) is 9.16. The third-order valence-corrected chi connectivity index (χ3v) is 9.16. The molecule has 2 aromatic carbocycles. The number of ether oxygens (including phenoxy) is 2. The summed E-state index contributed by atoms with van der Waals surface area (Å²) in [5.41, 5.74) is 1.17. The third-order valence-electron chi connectivity index (χ3n) is 7.29. The summed E-state index contributed by atoms with van der Waals surface area (Å²) in [6, 6.07) is 6.20. The van der Waals surface area contributed by atoms with E-state index in [1.807, 2.05) is 13.8 Å². The molecule has 2 heterocycles. The zero-order chi connectivity index (χ0) is 30.9. The highest BCUT2D eigenvalue weighted by Crippen LogP contribution is 2.34. The fraction of sp³-hybridized carbons (Fsp3) is 0.481. The standard InChI is InChI=1S/C27H31F4N3O7S/c1-16-11-20(40-15-19(36)14-35)12-17(2)21(16)5-10-42(38,39)34-8-6-26(7-9-34)25(37)32-24(33-26)18-3-4-22(28)23(13-18)41-27(29,30)31/h3-4,11-13,19,35-36H,5-10,14-15H2,1-2H3,(H,32,33,37)/t19-/m1/s1. The lowest BCUT2D eigenvalue weighted by atomic mass is 9.89. The van der Waals surface area contributed by atoms with Gasteiger partial charge >= 0.3 is 6.36 Å². The first-order valence-corrected chi connectivity index (χ1v) is 14.7. The van der Waals surface area contributed by atoms with Gasteiger partial charge in [-0.05, 0) is 80.1 Å². The van der Waals surface area contributed by atoms with Crippen molar-refractivity contribution in [1.29, 1.82) is 0 Å². The number of nitrogens with zero attached hydrogens (tertiary/aromatic N) is 2. The molecule has 10 nitrogen and oxygen atoms in total. The van der Waals surface area contributed by atoms with E-state index in [-0.39, 0.29) is 56.1 Å². The summed E-state index contributed by atoms with van der Waals surface area (Å²) in [6.45, 7) is 3.15. The number of aliphatic hydroxyl groups is 2. The number of piperidine rings is 1. The molecule has 0 aromatic heterocycles. The van der Waals surface area contributed by atoms with E-state index in [1.165, 1.54) is 4.31 Å². The minimum Gasteiger partial charge on any atom is -0.491 e. The molecule has 15 heteroatoms. The van der Waals surface area contributed by atoms with Crippen molar-refractivity contribution in [3.05, 3.63) is 58.4 Å². The van der Waals surface area contributed by atoms with Crippen molar-refractivity contribution in [2.24, 2.45) is 4.99 Å². The van der Waals surface area contributed by atoms with E-state index >= 15 is 0 Å². The fourth-order valence-corrected chi connectivity index (χ4v) is 6.48. The maximum atomic E-state index is 13.8. The molecule has 1 spiro atoms. The Morgan fingerprint density at radius 2 is 1.79 bits per heavy atom. The van der Waals surface area contributed by atoms with Gasteiger partial charge in [0.05, 0.1) is 12.4 Å². The van der Waals surface area contributed by atoms with Gasteiger partial charge in [-0.1, -0.05) is 0 Å². The molecule has 42 heavy (non-hydrogen) atoms. The van der Waals surface area contributed by atoms with Gasteiger partial charge in [-0.2, -0.15) is 0 Å². The number of aliphatic hydroxyl groups excluding tert-OH is 2. The van der Waals surface area contributed by atoms with E-state index in [9.17, 15) is 35.9 Å². The van der Waals surface area contributed by atoms with Crippen LogP contribution in [0.15, 0.2) is 35.3 Å². The Balaban J connectivity index is 1.40. The lowest BCUT2D eigenvalue weighted by molar-refractivity contribution is -0.275. The number of nitrogens with one attached hydrogen (secondary N) is 1. The van der Waals surface area contributed by atoms with Crippen LogP contribution in [0.25, 0.3) is 0 Å². The zero-order valence-corrected chi connectivity index (χ0v) is 23.7. The van der Waals surface area contributed by atoms with Crippen LogP contribution in [0.5, 0.6) is 11.5 Å². The van der Waals surface area contributed by atoms with Crippen molar-refractivity contribution in [3.63, 3.8) is 0 Å². The van der Waals surface area contributed by atoms with E-state index in [0.717, 1.165) is 34.9 Å². The van der Waals surface area contributed by atoms with Crippen LogP contribution in [-0.2, 0) is 21.2 Å². The van der Waals surface area contributed by atoms with Crippen molar-refractivity contribution in [3.8, 4) is 11.5 Å². The van der Waals surface area contributed by atoms with E-state index in [0.29, 0.717) is 5.75 Å². The Morgan fingerprint density at radius 3 is 2.38 bits per heavy atom. The Morgan fingerprint density at radius 1 is 1.14 bits per heavy atom. The summed E-state index contributed by atoms with van der Waals surface area (Å²) in [5, 5.41) is 20.9. The quantitative estimate of drug-likeness (QED) is 0.348. The highest BCUT2D eigenvalue weighted by molar-refractivity contribution is 7.89. The van der Waals surface area contributed by atoms with Gasteiger partial charge in [-0.15, -0.1) is 13.2 Å². The number of sulfonamides is 1. The van der Waals surface area contributed by atoms with Crippen LogP contribution < -0.4 is 14.8 Å². The molecule has 3 N–H and O–H groups in total. The van der Waals surface area contributed by atoms with Gasteiger partial charge in [0.2, 0.25) is 10.0 Å². The molecular weight excluding hydrogens is 586 g/mol. The van der Waals surface area contributed by atoms with Crippen molar-refractivity contribution < 1.29 is 50.5 Å². The van der Waals surface area contributed by atoms with Crippen LogP contribution in [0.4, 0.5) is 17.6 Å². The predicted octanol–water partition coefficient (Wildman–Crippen LogP) is 2.36. The van der Waals surface area contributed by atoms with Crippen molar-refractivity contribution in [2.45, 2.75) is 51.1 Å². The highest BCUT2D eigenvalue weighted by Gasteiger charge is 2.47. The Bertz CT molecular complexity index is 1450. The number of alkyl halides is 3. The minimum atomic E-state index is -5.11. The zero-order valence-electron chi connectivity index (χ0n) is 22.9. The lowest BCUT2D eigenvalue weighted by Gasteiger charge is -2.34. The van der Waals surface area contributed by atoms with Crippen LogP contribution >= 0.6 is 0 Å². The molecule has 4 rings (SSSR count). The average molecular weight is 618 g/mol. The van der Waals surface area contributed by atoms with Crippen LogP contribution in [0.3, 0.4) is 0 Å². The summed E-state index contributed by atoms with van der Waals surface area (Å²) >= 11 is 0. The van der Waals surface area contributed by atoms with E-state index in [1.54, 1.807) is 12.1 Å². The van der Waals surface area contributed by atoms with Gasteiger partial charge < -0.3 is 25.0 Å². The lowest BCUT2D eigenvalue weighted by Crippen LogP contribution is -2.50. The van der Waals surface area contributed by atoms with Crippen molar-refractivity contribution >= 4 is 21.8 Å². The monoisotopic (exact) mass is 617 g/mol. The number of aryl methyl sites for hydroxylation is 2. The van der Waals surface area contributed by atoms with Crippen LogP contribution in [0, 0.1) is 19.7 Å². The number of hydrogen-bond acceptors (Lipinski definition) is 8. The second-order valence-electron chi connectivity index (χ2n) is 10.3. The number of amidine groups is 1. The number of amides is 1. The van der Waals surface area contributed by atoms with Crippen LogP contribution in [0.1, 0.15) is 35.1 Å². The van der Waals surface area contributed by atoms with Crippen LogP contribution in [0.2, 0.25) is 0 Å². The minimum absolute atomic E-state index is 0.0102. The van der Waals surface area contributed by atoms with Gasteiger partial charge in [-0.25, -0.2) is 17.1 Å². The molecule has 0 unspecified atom stereocenters. The molecule has 230 valence electrons. The van der Waals surface area contributed by atoms with E-state index in [2.05, 4.69) is 15.0 Å². The highest BCUT2D eigenvalue weighted by atomic mass is 32.2. The number of halogens is 4. The first-order chi connectivity index (χ1) is 19.6. The van der Waals surface area contributed by atoms with E-state index in [4.69, 9.17) is 9.84 Å². The number of rotatable bonds is 10. The van der Waals surface area contributed by atoms with Gasteiger partial charge in [0.25, 0.3) is 5.91 Å². The van der Waals surface area contributed by atoms with Crippen LogP contribution in [-0.4, -0.2) is 84.7 Å². The van der Waals surface area contributed by atoms with Gasteiger partial charge in [-0.3, -0.25) is 9.79 Å². The first-order valence-electron chi connectivity index (χ1n) is 13.1. The third kappa shape index (κ3) is 7.19. The molecule has 2 aliphatic heterocycles. The molecule has 1 amide bonds. The molecule has 0 radical (unpaired) electrons. The normalized spacial score (nSPS) is 18.1. The molecular formula is C27H31F4N3O7S. The Labute approximate surface area is 240 Å². The van der Waals surface area contributed by atoms with E-state index < -0.39 is 52.1 Å². The number of carbonyl (C=O) groups excluding carboxylic acids is 1. The summed E-state index contributed by atoms with van der Waals surface area (Å²) < 4.78 is 88.6. The second kappa shape index (κ2) is 12.1. The molecule has 0 aliphatic carbocycles. The molecule has 2 aromatic rings. The number of benzene rings is 2. The summed E-state index contributed by atoms with van der Waals surface area (Å²) in [4.78, 5) is 17.3. The Hall–Kier alpha value is -3.27. The molecule has 1 fully saturated rings. The fourth-order valence-electron chi connectivity index (χ4n) is 5.02. The molecule has 1 atom stereocenters. The summed E-state index contributed by atoms with van der Waals surface area (Å²) in [6.07, 6.45) is -5.78. The first kappa shape index (κ1) is 31.7. The SMILES string of the molecule is Cc1cc(OC[C@H](O)CO)cc(C)c1CCS(=O)(=O)N1CCC2(CC1)N=C(c1ccc(F)c(OC(F)(F)F)c1)NC2=O. The van der Waals surface area contributed by atoms with Gasteiger partial charge in [0.15, 0.2) is 11.6 Å². The molecule has 0 saturated carbocycles.